The number of hydrogen-bond donors (Lipinski definition) is 2. The van der Waals surface area contributed by atoms with Crippen molar-refractivity contribution < 1.29 is 9.18 Å². The molecule has 102 valence electrons. The van der Waals surface area contributed by atoms with Crippen LogP contribution in [0.1, 0.15) is 22.7 Å². The summed E-state index contributed by atoms with van der Waals surface area (Å²) in [7, 11) is 0. The van der Waals surface area contributed by atoms with Gasteiger partial charge in [0, 0.05) is 17.8 Å². The molecule has 0 aliphatic carbocycles. The zero-order valence-electron chi connectivity index (χ0n) is 11.1. The van der Waals surface area contributed by atoms with Crippen LogP contribution in [0.15, 0.2) is 42.5 Å². The Bertz CT molecular complexity index is 669. The summed E-state index contributed by atoms with van der Waals surface area (Å²) in [6.07, 6.45) is 0. The first-order valence-electron chi connectivity index (χ1n) is 6.53. The third-order valence-electron chi connectivity index (χ3n) is 3.44. The molecule has 0 saturated heterocycles. The minimum Gasteiger partial charge on any atom is -0.324 e. The largest absolute Gasteiger partial charge is 0.324 e. The zero-order valence-corrected chi connectivity index (χ0v) is 11.1. The molecule has 1 aliphatic rings. The highest BCUT2D eigenvalue weighted by molar-refractivity contribution is 6.02. The highest BCUT2D eigenvalue weighted by Crippen LogP contribution is 2.31. The van der Waals surface area contributed by atoms with Gasteiger partial charge in [0.05, 0.1) is 0 Å². The molecule has 0 bridgehead atoms. The zero-order chi connectivity index (χ0) is 14.1. The Morgan fingerprint density at radius 2 is 2.10 bits per heavy atom. The van der Waals surface area contributed by atoms with E-state index in [1.807, 2.05) is 25.1 Å². The summed E-state index contributed by atoms with van der Waals surface area (Å²) >= 11 is 0. The van der Waals surface area contributed by atoms with Crippen molar-refractivity contribution in [2.75, 3.05) is 5.32 Å². The van der Waals surface area contributed by atoms with Crippen molar-refractivity contribution in [3.63, 3.8) is 0 Å². The van der Waals surface area contributed by atoms with Crippen LogP contribution in [-0.4, -0.2) is 5.91 Å². The maximum Gasteiger partial charge on any atom is 0.246 e. The monoisotopic (exact) mass is 270 g/mol. The summed E-state index contributed by atoms with van der Waals surface area (Å²) in [5, 5.41) is 5.93. The van der Waals surface area contributed by atoms with Crippen LogP contribution in [0.5, 0.6) is 0 Å². The third-order valence-corrected chi connectivity index (χ3v) is 3.44. The SMILES string of the molecule is Cc1cccc(CNC2C(=O)Nc3ccc(F)cc32)c1. The van der Waals surface area contributed by atoms with Crippen molar-refractivity contribution in [2.45, 2.75) is 19.5 Å². The standard InChI is InChI=1S/C16H15FN2O/c1-10-3-2-4-11(7-10)9-18-15-13-8-12(17)5-6-14(13)19-16(15)20/h2-8,15,18H,9H2,1H3,(H,19,20). The predicted molar refractivity (Wildman–Crippen MR) is 75.8 cm³/mol. The average molecular weight is 270 g/mol. The molecule has 0 radical (unpaired) electrons. The molecular formula is C16H15FN2O. The maximum atomic E-state index is 13.3. The molecule has 1 atom stereocenters. The summed E-state index contributed by atoms with van der Waals surface area (Å²) < 4.78 is 13.3. The first kappa shape index (κ1) is 12.8. The fourth-order valence-corrected chi connectivity index (χ4v) is 2.48. The van der Waals surface area contributed by atoms with Crippen molar-refractivity contribution >= 4 is 11.6 Å². The van der Waals surface area contributed by atoms with Gasteiger partial charge >= 0.3 is 0 Å². The van der Waals surface area contributed by atoms with Crippen LogP contribution in [-0.2, 0) is 11.3 Å². The van der Waals surface area contributed by atoms with Gasteiger partial charge in [0.25, 0.3) is 0 Å². The van der Waals surface area contributed by atoms with E-state index < -0.39 is 6.04 Å². The third kappa shape index (κ3) is 2.42. The van der Waals surface area contributed by atoms with Gasteiger partial charge in [0.1, 0.15) is 11.9 Å². The maximum absolute atomic E-state index is 13.3. The second-order valence-electron chi connectivity index (χ2n) is 5.02. The van der Waals surface area contributed by atoms with Crippen molar-refractivity contribution in [3.8, 4) is 0 Å². The minimum atomic E-state index is -0.499. The number of hydrogen-bond acceptors (Lipinski definition) is 2. The molecule has 3 rings (SSSR count). The number of anilines is 1. The molecule has 1 unspecified atom stereocenters. The fourth-order valence-electron chi connectivity index (χ4n) is 2.48. The van der Waals surface area contributed by atoms with Crippen LogP contribution in [0.2, 0.25) is 0 Å². The number of amides is 1. The van der Waals surface area contributed by atoms with E-state index in [0.29, 0.717) is 17.8 Å². The molecule has 2 aromatic carbocycles. The minimum absolute atomic E-state index is 0.141. The Hall–Kier alpha value is -2.20. The number of benzene rings is 2. The average Bonchev–Trinajstić information content (AvgIpc) is 2.72. The van der Waals surface area contributed by atoms with Crippen LogP contribution < -0.4 is 10.6 Å². The van der Waals surface area contributed by atoms with Gasteiger partial charge in [0.15, 0.2) is 0 Å². The van der Waals surface area contributed by atoms with Gasteiger partial charge in [0.2, 0.25) is 5.91 Å². The number of carbonyl (C=O) groups is 1. The Morgan fingerprint density at radius 1 is 1.25 bits per heavy atom. The molecule has 20 heavy (non-hydrogen) atoms. The van der Waals surface area contributed by atoms with Gasteiger partial charge < -0.3 is 5.32 Å². The summed E-state index contributed by atoms with van der Waals surface area (Å²) in [6.45, 7) is 2.59. The molecule has 0 spiro atoms. The molecule has 3 nitrogen and oxygen atoms in total. The van der Waals surface area contributed by atoms with E-state index in [0.717, 1.165) is 5.56 Å². The van der Waals surface area contributed by atoms with E-state index in [2.05, 4.69) is 16.7 Å². The molecule has 2 N–H and O–H groups in total. The molecule has 2 aromatic rings. The summed E-state index contributed by atoms with van der Waals surface area (Å²) in [5.41, 5.74) is 3.62. The van der Waals surface area contributed by atoms with Gasteiger partial charge in [-0.25, -0.2) is 4.39 Å². The highest BCUT2D eigenvalue weighted by Gasteiger charge is 2.30. The van der Waals surface area contributed by atoms with E-state index in [1.165, 1.54) is 17.7 Å². The molecule has 4 heteroatoms. The van der Waals surface area contributed by atoms with E-state index in [-0.39, 0.29) is 11.7 Å². The predicted octanol–water partition coefficient (Wildman–Crippen LogP) is 2.92. The lowest BCUT2D eigenvalue weighted by Crippen LogP contribution is -2.27. The molecule has 1 aliphatic heterocycles. The second kappa shape index (κ2) is 5.06. The van der Waals surface area contributed by atoms with E-state index in [1.54, 1.807) is 6.07 Å². The molecular weight excluding hydrogens is 255 g/mol. The van der Waals surface area contributed by atoms with Gasteiger partial charge in [-0.15, -0.1) is 0 Å². The molecule has 0 saturated carbocycles. The van der Waals surface area contributed by atoms with Crippen LogP contribution >= 0.6 is 0 Å². The number of nitrogens with one attached hydrogen (secondary N) is 2. The topological polar surface area (TPSA) is 41.1 Å². The lowest BCUT2D eigenvalue weighted by molar-refractivity contribution is -0.117. The number of fused-ring (bicyclic) bond motifs is 1. The van der Waals surface area contributed by atoms with Crippen LogP contribution in [0.4, 0.5) is 10.1 Å². The first-order valence-corrected chi connectivity index (χ1v) is 6.53. The van der Waals surface area contributed by atoms with E-state index in [9.17, 15) is 9.18 Å². The number of halogens is 1. The molecule has 1 amide bonds. The molecule has 0 fully saturated rings. The van der Waals surface area contributed by atoms with Crippen molar-refractivity contribution in [1.82, 2.24) is 5.32 Å². The van der Waals surface area contributed by atoms with Crippen molar-refractivity contribution in [1.29, 1.82) is 0 Å². The van der Waals surface area contributed by atoms with Crippen molar-refractivity contribution in [3.05, 3.63) is 65.0 Å². The van der Waals surface area contributed by atoms with Crippen molar-refractivity contribution in [2.24, 2.45) is 0 Å². The van der Waals surface area contributed by atoms with Crippen LogP contribution in [0, 0.1) is 12.7 Å². The first-order chi connectivity index (χ1) is 9.63. The highest BCUT2D eigenvalue weighted by atomic mass is 19.1. The van der Waals surface area contributed by atoms with Gasteiger partial charge in [-0.1, -0.05) is 29.8 Å². The summed E-state index contributed by atoms with van der Waals surface area (Å²) in [6, 6.07) is 11.9. The lowest BCUT2D eigenvalue weighted by atomic mass is 10.1. The number of rotatable bonds is 3. The Morgan fingerprint density at radius 3 is 2.90 bits per heavy atom. The fraction of sp³-hybridized carbons (Fsp3) is 0.188. The second-order valence-corrected chi connectivity index (χ2v) is 5.02. The Labute approximate surface area is 116 Å². The number of aryl methyl sites for hydroxylation is 1. The molecule has 1 heterocycles. The normalized spacial score (nSPS) is 16.9. The lowest BCUT2D eigenvalue weighted by Gasteiger charge is -2.12. The van der Waals surface area contributed by atoms with Crippen LogP contribution in [0.3, 0.4) is 0 Å². The van der Waals surface area contributed by atoms with Gasteiger partial charge in [-0.3, -0.25) is 10.1 Å². The molecule has 0 aromatic heterocycles. The Balaban J connectivity index is 1.78. The number of carbonyl (C=O) groups excluding carboxylic acids is 1. The van der Waals surface area contributed by atoms with E-state index in [4.69, 9.17) is 0 Å². The smallest absolute Gasteiger partial charge is 0.246 e. The summed E-state index contributed by atoms with van der Waals surface area (Å²) in [5.74, 6) is -0.471. The van der Waals surface area contributed by atoms with Gasteiger partial charge in [-0.2, -0.15) is 0 Å². The Kier molecular flexibility index (Phi) is 3.24. The quantitative estimate of drug-likeness (QED) is 0.900. The van der Waals surface area contributed by atoms with Gasteiger partial charge in [-0.05, 0) is 30.7 Å². The summed E-state index contributed by atoms with van der Waals surface area (Å²) in [4.78, 5) is 11.9. The van der Waals surface area contributed by atoms with Crippen LogP contribution in [0.25, 0.3) is 0 Å². The van der Waals surface area contributed by atoms with E-state index >= 15 is 0 Å².